The number of sulfone groups is 1. The Morgan fingerprint density at radius 3 is 2.43 bits per heavy atom. The Kier molecular flexibility index (Phi) is 4.35. The highest BCUT2D eigenvalue weighted by Gasteiger charge is 2.49. The molecule has 0 aromatic heterocycles. The van der Waals surface area contributed by atoms with Gasteiger partial charge in [-0.2, -0.15) is 0 Å². The summed E-state index contributed by atoms with van der Waals surface area (Å²) in [4.78, 5) is 11.3. The lowest BCUT2D eigenvalue weighted by Gasteiger charge is -2.28. The standard InChI is InChI=1S/C11H19NO7S2/c1-11(10(13)14)7-19-6-9(11)12-21(17,18)8-2-4-20(15,16)5-3-8/h8-9,12H,2-7H2,1H3,(H,13,14). The SMILES string of the molecule is CC1(C(=O)O)COCC1NS(=O)(=O)C1CCS(=O)(=O)CC1. The first-order valence-electron chi connectivity index (χ1n) is 6.59. The molecule has 2 fully saturated rings. The van der Waals surface area contributed by atoms with E-state index in [4.69, 9.17) is 4.74 Å². The van der Waals surface area contributed by atoms with Gasteiger partial charge in [0.05, 0.1) is 36.0 Å². The van der Waals surface area contributed by atoms with E-state index in [0.29, 0.717) is 0 Å². The third kappa shape index (κ3) is 3.38. The fourth-order valence-corrected chi connectivity index (χ4v) is 6.08. The largest absolute Gasteiger partial charge is 0.481 e. The van der Waals surface area contributed by atoms with Gasteiger partial charge in [0.25, 0.3) is 0 Å². The monoisotopic (exact) mass is 341 g/mol. The molecular formula is C11H19NO7S2. The maximum Gasteiger partial charge on any atom is 0.313 e. The quantitative estimate of drug-likeness (QED) is 0.669. The van der Waals surface area contributed by atoms with E-state index in [0.717, 1.165) is 0 Å². The molecule has 2 rings (SSSR count). The van der Waals surface area contributed by atoms with Gasteiger partial charge in [-0.25, -0.2) is 21.6 Å². The van der Waals surface area contributed by atoms with Crippen LogP contribution in [-0.4, -0.2) is 63.9 Å². The van der Waals surface area contributed by atoms with E-state index >= 15 is 0 Å². The number of carboxylic acids is 1. The average molecular weight is 341 g/mol. The molecule has 122 valence electrons. The van der Waals surface area contributed by atoms with Gasteiger partial charge < -0.3 is 9.84 Å². The third-order valence-electron chi connectivity index (χ3n) is 4.19. The Labute approximate surface area is 123 Å². The van der Waals surface area contributed by atoms with Crippen LogP contribution in [0.1, 0.15) is 19.8 Å². The van der Waals surface area contributed by atoms with Gasteiger partial charge in [-0.1, -0.05) is 0 Å². The van der Waals surface area contributed by atoms with Crippen molar-refractivity contribution >= 4 is 25.8 Å². The summed E-state index contributed by atoms with van der Waals surface area (Å²) in [6.45, 7) is 1.36. The van der Waals surface area contributed by atoms with Crippen molar-refractivity contribution in [2.75, 3.05) is 24.7 Å². The molecule has 2 unspecified atom stereocenters. The van der Waals surface area contributed by atoms with Gasteiger partial charge in [0, 0.05) is 0 Å². The molecule has 21 heavy (non-hydrogen) atoms. The summed E-state index contributed by atoms with van der Waals surface area (Å²) in [5.41, 5.74) is -1.31. The Balaban J connectivity index is 2.10. The predicted molar refractivity (Wildman–Crippen MR) is 74.1 cm³/mol. The minimum Gasteiger partial charge on any atom is -0.481 e. The Bertz CT molecular complexity index is 613. The average Bonchev–Trinajstić information content (AvgIpc) is 2.71. The molecule has 2 aliphatic heterocycles. The normalized spacial score (nSPS) is 33.9. The molecule has 0 amide bonds. The third-order valence-corrected chi connectivity index (χ3v) is 7.87. The van der Waals surface area contributed by atoms with Gasteiger partial charge >= 0.3 is 5.97 Å². The number of ether oxygens (including phenoxy) is 1. The molecule has 2 heterocycles. The summed E-state index contributed by atoms with van der Waals surface area (Å²) >= 11 is 0. The van der Waals surface area contributed by atoms with Crippen LogP contribution in [0, 0.1) is 5.41 Å². The highest BCUT2D eigenvalue weighted by molar-refractivity contribution is 7.92. The fourth-order valence-electron chi connectivity index (χ4n) is 2.52. The summed E-state index contributed by atoms with van der Waals surface area (Å²) in [6, 6.07) is -0.849. The van der Waals surface area contributed by atoms with Crippen molar-refractivity contribution in [2.45, 2.75) is 31.1 Å². The van der Waals surface area contributed by atoms with Gasteiger partial charge in [0.1, 0.15) is 15.3 Å². The molecule has 0 saturated carbocycles. The zero-order valence-corrected chi connectivity index (χ0v) is 13.2. The first kappa shape index (κ1) is 16.7. The number of nitrogens with one attached hydrogen (secondary N) is 1. The van der Waals surface area contributed by atoms with Crippen LogP contribution in [0.15, 0.2) is 0 Å². The molecule has 0 aromatic carbocycles. The highest BCUT2D eigenvalue weighted by Crippen LogP contribution is 2.30. The first-order chi connectivity index (χ1) is 9.57. The Morgan fingerprint density at radius 1 is 1.33 bits per heavy atom. The second-order valence-electron chi connectivity index (χ2n) is 5.80. The van der Waals surface area contributed by atoms with Gasteiger partial charge in [-0.05, 0) is 19.8 Å². The molecular weight excluding hydrogens is 322 g/mol. The minimum atomic E-state index is -3.78. The van der Waals surface area contributed by atoms with E-state index < -0.39 is 42.5 Å². The minimum absolute atomic E-state index is 0.00690. The fraction of sp³-hybridized carbons (Fsp3) is 0.909. The number of rotatable bonds is 4. The van der Waals surface area contributed by atoms with E-state index in [-0.39, 0.29) is 37.6 Å². The molecule has 0 radical (unpaired) electrons. The lowest BCUT2D eigenvalue weighted by atomic mass is 9.86. The van der Waals surface area contributed by atoms with Crippen molar-refractivity contribution in [1.82, 2.24) is 4.72 Å². The Morgan fingerprint density at radius 2 is 1.90 bits per heavy atom. The van der Waals surface area contributed by atoms with Crippen molar-refractivity contribution in [3.8, 4) is 0 Å². The van der Waals surface area contributed by atoms with Crippen LogP contribution in [0.5, 0.6) is 0 Å². The van der Waals surface area contributed by atoms with Gasteiger partial charge in [0.2, 0.25) is 10.0 Å². The van der Waals surface area contributed by atoms with Crippen molar-refractivity contribution < 1.29 is 31.5 Å². The highest BCUT2D eigenvalue weighted by atomic mass is 32.2. The van der Waals surface area contributed by atoms with E-state index in [1.807, 2.05) is 0 Å². The summed E-state index contributed by atoms with van der Waals surface area (Å²) in [6.07, 6.45) is 0.0735. The lowest BCUT2D eigenvalue weighted by molar-refractivity contribution is -0.148. The number of carboxylic acid groups (broad SMARTS) is 1. The second kappa shape index (κ2) is 5.49. The zero-order valence-electron chi connectivity index (χ0n) is 11.6. The molecule has 2 saturated heterocycles. The lowest BCUT2D eigenvalue weighted by Crippen LogP contribution is -2.52. The van der Waals surface area contributed by atoms with Crippen molar-refractivity contribution in [3.05, 3.63) is 0 Å². The number of carbonyl (C=O) groups is 1. The maximum absolute atomic E-state index is 12.3. The number of hydrogen-bond donors (Lipinski definition) is 2. The Hall–Kier alpha value is -0.710. The summed E-state index contributed by atoms with van der Waals surface area (Å²) in [7, 11) is -6.93. The van der Waals surface area contributed by atoms with Crippen LogP contribution in [0.2, 0.25) is 0 Å². The molecule has 2 aliphatic rings. The first-order valence-corrected chi connectivity index (χ1v) is 9.96. The summed E-state index contributed by atoms with van der Waals surface area (Å²) < 4.78 is 54.8. The summed E-state index contributed by atoms with van der Waals surface area (Å²) in [5.74, 6) is -1.44. The molecule has 0 spiro atoms. The molecule has 2 atom stereocenters. The van der Waals surface area contributed by atoms with E-state index in [1.165, 1.54) is 6.92 Å². The number of sulfonamides is 1. The molecule has 8 nitrogen and oxygen atoms in total. The van der Waals surface area contributed by atoms with E-state index in [2.05, 4.69) is 4.72 Å². The zero-order chi connectivity index (χ0) is 15.9. The van der Waals surface area contributed by atoms with Crippen molar-refractivity contribution in [3.63, 3.8) is 0 Å². The molecule has 0 aliphatic carbocycles. The predicted octanol–water partition coefficient (Wildman–Crippen LogP) is -1.03. The smallest absolute Gasteiger partial charge is 0.313 e. The summed E-state index contributed by atoms with van der Waals surface area (Å²) in [5, 5.41) is 8.42. The van der Waals surface area contributed by atoms with Crippen molar-refractivity contribution in [2.24, 2.45) is 5.41 Å². The van der Waals surface area contributed by atoms with Gasteiger partial charge in [-0.3, -0.25) is 4.79 Å². The van der Waals surface area contributed by atoms with Crippen LogP contribution in [0.4, 0.5) is 0 Å². The van der Waals surface area contributed by atoms with Crippen LogP contribution < -0.4 is 4.72 Å². The molecule has 2 N–H and O–H groups in total. The van der Waals surface area contributed by atoms with E-state index in [9.17, 15) is 26.7 Å². The van der Waals surface area contributed by atoms with Crippen LogP contribution in [0.3, 0.4) is 0 Å². The van der Waals surface area contributed by atoms with E-state index in [1.54, 1.807) is 0 Å². The molecule has 0 aromatic rings. The van der Waals surface area contributed by atoms with Crippen molar-refractivity contribution in [1.29, 1.82) is 0 Å². The maximum atomic E-state index is 12.3. The molecule has 10 heteroatoms. The van der Waals surface area contributed by atoms with Crippen LogP contribution in [-0.2, 0) is 29.4 Å². The van der Waals surface area contributed by atoms with Gasteiger partial charge in [-0.15, -0.1) is 0 Å². The number of hydrogen-bond acceptors (Lipinski definition) is 6. The number of aliphatic carboxylic acids is 1. The van der Waals surface area contributed by atoms with Crippen LogP contribution in [0.25, 0.3) is 0 Å². The second-order valence-corrected chi connectivity index (χ2v) is 10.1. The molecule has 0 bridgehead atoms. The topological polar surface area (TPSA) is 127 Å². The van der Waals surface area contributed by atoms with Crippen LogP contribution >= 0.6 is 0 Å². The van der Waals surface area contributed by atoms with Gasteiger partial charge in [0.15, 0.2) is 0 Å².